The molecule has 0 aliphatic rings. The third kappa shape index (κ3) is 3.76. The molecule has 0 radical (unpaired) electrons. The number of halogens is 1. The van der Waals surface area contributed by atoms with Gasteiger partial charge < -0.3 is 24.6 Å². The summed E-state index contributed by atoms with van der Waals surface area (Å²) < 4.78 is 25.0. The van der Waals surface area contributed by atoms with Crippen LogP contribution < -0.4 is 26.0 Å². The van der Waals surface area contributed by atoms with Crippen molar-refractivity contribution in [2.24, 2.45) is 0 Å². The first-order chi connectivity index (χ1) is 14.6. The number of hydrogen-bond donors (Lipinski definition) is 2. The van der Waals surface area contributed by atoms with Crippen molar-refractivity contribution >= 4 is 40.7 Å². The van der Waals surface area contributed by atoms with E-state index in [0.717, 1.165) is 6.20 Å². The lowest BCUT2D eigenvalue weighted by Gasteiger charge is -2.10. The SMILES string of the molecule is COc1ccc(Nc2ncc(F)c(Nc3ccc4oc(=O)n(OC=O)c4c3)n2)cc1. The maximum Gasteiger partial charge on any atom is 0.453 e. The van der Waals surface area contributed by atoms with Crippen molar-refractivity contribution in [2.75, 3.05) is 17.7 Å². The number of carbonyl (C=O) groups excluding carboxylic acids is 1. The summed E-state index contributed by atoms with van der Waals surface area (Å²) in [6, 6.07) is 11.5. The van der Waals surface area contributed by atoms with E-state index in [1.54, 1.807) is 37.4 Å². The number of ether oxygens (including phenoxy) is 1. The average molecular weight is 411 g/mol. The van der Waals surface area contributed by atoms with Crippen LogP contribution in [0, 0.1) is 5.82 Å². The van der Waals surface area contributed by atoms with Crippen molar-refractivity contribution in [1.29, 1.82) is 0 Å². The lowest BCUT2D eigenvalue weighted by atomic mass is 10.3. The summed E-state index contributed by atoms with van der Waals surface area (Å²) in [7, 11) is 1.56. The molecule has 0 spiro atoms. The van der Waals surface area contributed by atoms with Crippen LogP contribution in [0.1, 0.15) is 0 Å². The van der Waals surface area contributed by atoms with E-state index in [9.17, 15) is 14.0 Å². The van der Waals surface area contributed by atoms with Crippen LogP contribution in [-0.4, -0.2) is 28.3 Å². The van der Waals surface area contributed by atoms with E-state index >= 15 is 0 Å². The van der Waals surface area contributed by atoms with Crippen LogP contribution in [0.5, 0.6) is 5.75 Å². The second-order valence-electron chi connectivity index (χ2n) is 5.92. The lowest BCUT2D eigenvalue weighted by Crippen LogP contribution is -2.21. The first-order valence-corrected chi connectivity index (χ1v) is 8.54. The predicted octanol–water partition coefficient (Wildman–Crippen LogP) is 2.60. The van der Waals surface area contributed by atoms with E-state index in [4.69, 9.17) is 9.15 Å². The minimum atomic E-state index is -0.867. The highest BCUT2D eigenvalue weighted by Crippen LogP contribution is 2.24. The van der Waals surface area contributed by atoms with Crippen molar-refractivity contribution in [3.05, 3.63) is 65.0 Å². The molecule has 4 rings (SSSR count). The molecule has 0 aliphatic carbocycles. The van der Waals surface area contributed by atoms with Gasteiger partial charge in [-0.1, -0.05) is 4.73 Å². The zero-order valence-electron chi connectivity index (χ0n) is 15.5. The fourth-order valence-electron chi connectivity index (χ4n) is 2.67. The Kier molecular flexibility index (Phi) is 4.99. The Balaban J connectivity index is 1.61. The topological polar surface area (TPSA) is 121 Å². The van der Waals surface area contributed by atoms with Crippen molar-refractivity contribution < 1.29 is 23.2 Å². The average Bonchev–Trinajstić information content (AvgIpc) is 3.06. The molecule has 10 nitrogen and oxygen atoms in total. The molecule has 2 aromatic carbocycles. The number of carbonyl (C=O) groups is 1. The van der Waals surface area contributed by atoms with Crippen LogP contribution >= 0.6 is 0 Å². The van der Waals surface area contributed by atoms with Crippen molar-refractivity contribution in [2.45, 2.75) is 0 Å². The first kappa shape index (κ1) is 18.9. The Bertz CT molecular complexity index is 1270. The number of benzene rings is 2. The van der Waals surface area contributed by atoms with Crippen molar-refractivity contribution in [3.8, 4) is 5.75 Å². The van der Waals surface area contributed by atoms with Gasteiger partial charge in [0.1, 0.15) is 11.3 Å². The summed E-state index contributed by atoms with van der Waals surface area (Å²) in [6.07, 6.45) is 1.02. The van der Waals surface area contributed by atoms with E-state index in [-0.39, 0.29) is 29.3 Å². The number of nitrogens with one attached hydrogen (secondary N) is 2. The second kappa shape index (κ2) is 7.91. The molecule has 152 valence electrons. The molecular formula is C19H14FN5O5. The number of nitrogens with zero attached hydrogens (tertiary/aromatic N) is 3. The number of rotatable bonds is 7. The van der Waals surface area contributed by atoms with Gasteiger partial charge in [-0.25, -0.2) is 14.2 Å². The van der Waals surface area contributed by atoms with E-state index in [0.29, 0.717) is 21.9 Å². The minimum Gasteiger partial charge on any atom is -0.497 e. The number of aromatic nitrogens is 3. The second-order valence-corrected chi connectivity index (χ2v) is 5.92. The third-order valence-corrected chi connectivity index (χ3v) is 4.04. The fourth-order valence-corrected chi connectivity index (χ4v) is 2.67. The maximum atomic E-state index is 14.2. The van der Waals surface area contributed by atoms with E-state index in [1.807, 2.05) is 0 Å². The highest BCUT2D eigenvalue weighted by atomic mass is 19.1. The molecule has 0 atom stereocenters. The molecule has 0 bridgehead atoms. The van der Waals surface area contributed by atoms with Crippen LogP contribution in [0.2, 0.25) is 0 Å². The monoisotopic (exact) mass is 411 g/mol. The molecule has 0 saturated carbocycles. The summed E-state index contributed by atoms with van der Waals surface area (Å²) in [5, 5.41) is 5.76. The Labute approximate surface area is 167 Å². The molecule has 0 amide bonds. The van der Waals surface area contributed by atoms with Gasteiger partial charge in [0.2, 0.25) is 5.95 Å². The molecule has 0 unspecified atom stereocenters. The molecule has 4 aromatic rings. The quantitative estimate of drug-likeness (QED) is 0.442. The Morgan fingerprint density at radius 3 is 2.63 bits per heavy atom. The van der Waals surface area contributed by atoms with E-state index in [1.165, 1.54) is 12.1 Å². The molecule has 2 heterocycles. The van der Waals surface area contributed by atoms with Gasteiger partial charge in [0.05, 0.1) is 13.3 Å². The molecule has 0 fully saturated rings. The van der Waals surface area contributed by atoms with Gasteiger partial charge in [-0.15, -0.1) is 0 Å². The smallest absolute Gasteiger partial charge is 0.453 e. The summed E-state index contributed by atoms with van der Waals surface area (Å²) in [4.78, 5) is 35.0. The van der Waals surface area contributed by atoms with Crippen LogP contribution in [0.4, 0.5) is 27.5 Å². The summed E-state index contributed by atoms with van der Waals surface area (Å²) >= 11 is 0. The van der Waals surface area contributed by atoms with E-state index in [2.05, 4.69) is 25.4 Å². The van der Waals surface area contributed by atoms with Crippen molar-refractivity contribution in [1.82, 2.24) is 14.7 Å². The Morgan fingerprint density at radius 1 is 1.13 bits per heavy atom. The predicted molar refractivity (Wildman–Crippen MR) is 105 cm³/mol. The summed E-state index contributed by atoms with van der Waals surface area (Å²) in [6.45, 7) is 0.0949. The zero-order valence-corrected chi connectivity index (χ0v) is 15.5. The number of oxazole rings is 1. The molecule has 0 saturated heterocycles. The van der Waals surface area contributed by atoms with Gasteiger partial charge in [0.15, 0.2) is 17.2 Å². The van der Waals surface area contributed by atoms with Gasteiger partial charge in [-0.05, 0) is 42.5 Å². The summed E-state index contributed by atoms with van der Waals surface area (Å²) in [5.41, 5.74) is 1.43. The molecule has 30 heavy (non-hydrogen) atoms. The van der Waals surface area contributed by atoms with Gasteiger partial charge in [-0.3, -0.25) is 4.79 Å². The first-order valence-electron chi connectivity index (χ1n) is 8.54. The highest BCUT2D eigenvalue weighted by molar-refractivity contribution is 5.79. The molecule has 2 aromatic heterocycles. The molecule has 11 heteroatoms. The van der Waals surface area contributed by atoms with Gasteiger partial charge in [-0.2, -0.15) is 4.98 Å². The fraction of sp³-hybridized carbons (Fsp3) is 0.0526. The molecule has 0 aliphatic heterocycles. The Morgan fingerprint density at radius 2 is 1.90 bits per heavy atom. The largest absolute Gasteiger partial charge is 0.497 e. The number of anilines is 4. The lowest BCUT2D eigenvalue weighted by molar-refractivity contribution is -0.129. The normalized spacial score (nSPS) is 10.6. The number of methoxy groups -OCH3 is 1. The third-order valence-electron chi connectivity index (χ3n) is 4.04. The minimum absolute atomic E-state index is 0.0949. The maximum absolute atomic E-state index is 14.2. The zero-order chi connectivity index (χ0) is 21.1. The highest BCUT2D eigenvalue weighted by Gasteiger charge is 2.13. The van der Waals surface area contributed by atoms with Crippen LogP contribution in [0.15, 0.2) is 57.9 Å². The van der Waals surface area contributed by atoms with Crippen LogP contribution in [0.25, 0.3) is 11.1 Å². The van der Waals surface area contributed by atoms with Gasteiger partial charge >= 0.3 is 12.2 Å². The van der Waals surface area contributed by atoms with Crippen molar-refractivity contribution in [3.63, 3.8) is 0 Å². The van der Waals surface area contributed by atoms with Crippen LogP contribution in [0.3, 0.4) is 0 Å². The Hall–Kier alpha value is -4.41. The van der Waals surface area contributed by atoms with Gasteiger partial charge in [0.25, 0.3) is 0 Å². The van der Waals surface area contributed by atoms with Gasteiger partial charge in [0, 0.05) is 11.4 Å². The van der Waals surface area contributed by atoms with Crippen LogP contribution in [-0.2, 0) is 4.79 Å². The molecule has 2 N–H and O–H groups in total. The number of hydrogen-bond acceptors (Lipinski definition) is 9. The number of fused-ring (bicyclic) bond motifs is 1. The summed E-state index contributed by atoms with van der Waals surface area (Å²) in [5.74, 6) is -0.809. The van der Waals surface area contributed by atoms with E-state index < -0.39 is 11.6 Å². The molecular weight excluding hydrogens is 397 g/mol. The standard InChI is InChI=1S/C19H14FN5O5/c1-28-13-5-2-11(3-6-13)23-18-21-9-14(20)17(24-18)22-12-4-7-16-15(8-12)25(29-10-26)19(27)30-16/h2-10H,1H3,(H2,21,22,23,24).